The summed E-state index contributed by atoms with van der Waals surface area (Å²) in [5.41, 5.74) is 8.47. The number of nitrogens with two attached hydrogens (primary N) is 1. The number of hydrogen-bond donors (Lipinski definition) is 3. The van der Waals surface area contributed by atoms with E-state index in [-0.39, 0.29) is 0 Å². The third-order valence-corrected chi connectivity index (χ3v) is 3.54. The van der Waals surface area contributed by atoms with Crippen molar-refractivity contribution < 1.29 is 4.79 Å². The molecule has 0 bridgehead atoms. The van der Waals surface area contributed by atoms with Crippen molar-refractivity contribution in [3.8, 4) is 0 Å². The van der Waals surface area contributed by atoms with Gasteiger partial charge in [0.25, 0.3) is 0 Å². The molecule has 0 aliphatic heterocycles. The van der Waals surface area contributed by atoms with Crippen LogP contribution in [0.3, 0.4) is 0 Å². The van der Waals surface area contributed by atoms with Gasteiger partial charge in [0.2, 0.25) is 5.91 Å². The Bertz CT molecular complexity index is 658. The number of aryl methyl sites for hydroxylation is 1. The van der Waals surface area contributed by atoms with E-state index in [0.717, 1.165) is 16.8 Å². The summed E-state index contributed by atoms with van der Waals surface area (Å²) < 4.78 is 0. The van der Waals surface area contributed by atoms with Crippen LogP contribution in [-0.2, 0) is 11.2 Å². The Balaban J connectivity index is 2.00. The van der Waals surface area contributed by atoms with E-state index in [2.05, 4.69) is 10.6 Å². The largest absolute Gasteiger partial charge is 0.368 e. The van der Waals surface area contributed by atoms with Crippen LogP contribution in [0.2, 0.25) is 0 Å². The maximum atomic E-state index is 11.6. The van der Waals surface area contributed by atoms with Crippen molar-refractivity contribution in [1.29, 1.82) is 0 Å². The minimum Gasteiger partial charge on any atom is -0.368 e. The highest BCUT2D eigenvalue weighted by molar-refractivity contribution is 7.80. The fourth-order valence-corrected chi connectivity index (χ4v) is 2.35. The molecule has 0 unspecified atom stereocenters. The maximum absolute atomic E-state index is 11.6. The predicted octanol–water partition coefficient (Wildman–Crippen LogP) is 2.38. The number of thiocarbonyl (C=S) groups is 1. The van der Waals surface area contributed by atoms with Crippen LogP contribution in [0.4, 0.5) is 5.69 Å². The van der Waals surface area contributed by atoms with E-state index in [1.165, 1.54) is 0 Å². The molecule has 0 radical (unpaired) electrons. The predicted molar refractivity (Wildman–Crippen MR) is 93.7 cm³/mol. The Labute approximate surface area is 135 Å². The number of anilines is 1. The highest BCUT2D eigenvalue weighted by Crippen LogP contribution is 2.13. The zero-order valence-corrected chi connectivity index (χ0v) is 13.2. The summed E-state index contributed by atoms with van der Waals surface area (Å²) in [5, 5.41) is 6.46. The van der Waals surface area contributed by atoms with Gasteiger partial charge in [0, 0.05) is 12.1 Å². The van der Waals surface area contributed by atoms with Crippen LogP contribution in [0.1, 0.15) is 11.1 Å². The van der Waals surface area contributed by atoms with Crippen LogP contribution in [0.25, 0.3) is 0 Å². The van der Waals surface area contributed by atoms with Crippen molar-refractivity contribution in [2.45, 2.75) is 19.4 Å². The molecule has 0 aromatic heterocycles. The van der Waals surface area contributed by atoms with Gasteiger partial charge in [0.05, 0.1) is 0 Å². The van der Waals surface area contributed by atoms with Crippen LogP contribution in [-0.4, -0.2) is 17.1 Å². The molecule has 0 heterocycles. The number of primary amides is 1. The molecule has 22 heavy (non-hydrogen) atoms. The first-order valence-corrected chi connectivity index (χ1v) is 7.43. The van der Waals surface area contributed by atoms with Gasteiger partial charge in [-0.2, -0.15) is 0 Å². The highest BCUT2D eigenvalue weighted by Gasteiger charge is 2.17. The van der Waals surface area contributed by atoms with Gasteiger partial charge in [-0.05, 0) is 36.3 Å². The normalized spacial score (nSPS) is 11.5. The molecule has 2 aromatic rings. The molecule has 0 aliphatic rings. The van der Waals surface area contributed by atoms with E-state index in [1.807, 2.05) is 61.5 Å². The molecule has 2 rings (SSSR count). The summed E-state index contributed by atoms with van der Waals surface area (Å²) in [5.74, 6) is -0.433. The van der Waals surface area contributed by atoms with E-state index in [0.29, 0.717) is 11.5 Å². The van der Waals surface area contributed by atoms with E-state index >= 15 is 0 Å². The molecule has 0 spiro atoms. The zero-order chi connectivity index (χ0) is 15.9. The minimum atomic E-state index is -0.550. The topological polar surface area (TPSA) is 67.2 Å². The van der Waals surface area contributed by atoms with E-state index < -0.39 is 11.9 Å². The molecular formula is C17H19N3OS. The van der Waals surface area contributed by atoms with Crippen LogP contribution in [0, 0.1) is 6.92 Å². The SMILES string of the molecule is Cc1ccccc1NC(=S)N[C@@H](Cc1ccccc1)C(N)=O. The van der Waals surface area contributed by atoms with Gasteiger partial charge in [0.15, 0.2) is 5.11 Å². The lowest BCUT2D eigenvalue weighted by molar-refractivity contribution is -0.119. The van der Waals surface area contributed by atoms with Gasteiger partial charge in [-0.1, -0.05) is 48.5 Å². The average Bonchev–Trinajstić information content (AvgIpc) is 2.50. The quantitative estimate of drug-likeness (QED) is 0.742. The fourth-order valence-electron chi connectivity index (χ4n) is 2.10. The number of rotatable bonds is 5. The fraction of sp³-hybridized carbons (Fsp3) is 0.176. The Morgan fingerprint density at radius 2 is 1.77 bits per heavy atom. The van der Waals surface area contributed by atoms with Crippen molar-refractivity contribution in [2.75, 3.05) is 5.32 Å². The molecule has 1 amide bonds. The second-order valence-corrected chi connectivity index (χ2v) is 5.47. The van der Waals surface area contributed by atoms with Gasteiger partial charge in [-0.25, -0.2) is 0 Å². The lowest BCUT2D eigenvalue weighted by Gasteiger charge is -2.19. The zero-order valence-electron chi connectivity index (χ0n) is 12.4. The molecule has 5 heteroatoms. The standard InChI is InChI=1S/C17H19N3OS/c1-12-7-5-6-10-14(12)19-17(22)20-15(16(18)21)11-13-8-3-2-4-9-13/h2-10,15H,11H2,1H3,(H2,18,21)(H2,19,20,22)/t15-/m0/s1. The number of carbonyl (C=O) groups excluding carboxylic acids is 1. The first kappa shape index (κ1) is 16.0. The molecule has 0 fully saturated rings. The Morgan fingerprint density at radius 3 is 2.41 bits per heavy atom. The van der Waals surface area contributed by atoms with Crippen LogP contribution in [0.15, 0.2) is 54.6 Å². The third kappa shape index (κ3) is 4.56. The smallest absolute Gasteiger partial charge is 0.240 e. The van der Waals surface area contributed by atoms with E-state index in [1.54, 1.807) is 0 Å². The molecule has 4 nitrogen and oxygen atoms in total. The van der Waals surface area contributed by atoms with Crippen molar-refractivity contribution in [1.82, 2.24) is 5.32 Å². The van der Waals surface area contributed by atoms with E-state index in [4.69, 9.17) is 18.0 Å². The number of carbonyl (C=O) groups is 1. The molecule has 0 saturated carbocycles. The van der Waals surface area contributed by atoms with Crippen molar-refractivity contribution >= 4 is 28.9 Å². The summed E-state index contributed by atoms with van der Waals surface area (Å²) in [6.45, 7) is 1.99. The van der Waals surface area contributed by atoms with Gasteiger partial charge >= 0.3 is 0 Å². The Kier molecular flexibility index (Phi) is 5.49. The number of nitrogens with one attached hydrogen (secondary N) is 2. The third-order valence-electron chi connectivity index (χ3n) is 3.32. The van der Waals surface area contributed by atoms with Gasteiger partial charge in [-0.3, -0.25) is 4.79 Å². The molecule has 2 aromatic carbocycles. The second kappa shape index (κ2) is 7.56. The molecule has 0 aliphatic carbocycles. The second-order valence-electron chi connectivity index (χ2n) is 5.06. The number of hydrogen-bond acceptors (Lipinski definition) is 2. The summed E-state index contributed by atoms with van der Waals surface area (Å²) in [6.07, 6.45) is 0.492. The van der Waals surface area contributed by atoms with Crippen LogP contribution < -0.4 is 16.4 Å². The number of amides is 1. The van der Waals surface area contributed by atoms with Gasteiger partial charge < -0.3 is 16.4 Å². The van der Waals surface area contributed by atoms with Gasteiger partial charge in [0.1, 0.15) is 6.04 Å². The number of benzene rings is 2. The number of para-hydroxylation sites is 1. The Hall–Kier alpha value is -2.40. The summed E-state index contributed by atoms with van der Waals surface area (Å²) in [7, 11) is 0. The first-order chi connectivity index (χ1) is 10.6. The Morgan fingerprint density at radius 1 is 1.14 bits per heavy atom. The average molecular weight is 313 g/mol. The molecule has 114 valence electrons. The summed E-state index contributed by atoms with van der Waals surface area (Å²) in [4.78, 5) is 11.6. The maximum Gasteiger partial charge on any atom is 0.240 e. The highest BCUT2D eigenvalue weighted by atomic mass is 32.1. The van der Waals surface area contributed by atoms with Crippen molar-refractivity contribution in [3.63, 3.8) is 0 Å². The van der Waals surface area contributed by atoms with Crippen LogP contribution in [0.5, 0.6) is 0 Å². The van der Waals surface area contributed by atoms with E-state index in [9.17, 15) is 4.79 Å². The molecular weight excluding hydrogens is 294 g/mol. The monoisotopic (exact) mass is 313 g/mol. The summed E-state index contributed by atoms with van der Waals surface area (Å²) >= 11 is 5.28. The molecule has 0 saturated heterocycles. The summed E-state index contributed by atoms with van der Waals surface area (Å²) in [6, 6.07) is 16.9. The minimum absolute atomic E-state index is 0.383. The van der Waals surface area contributed by atoms with Crippen LogP contribution >= 0.6 is 12.2 Å². The lowest BCUT2D eigenvalue weighted by atomic mass is 10.1. The molecule has 1 atom stereocenters. The lowest BCUT2D eigenvalue weighted by Crippen LogP contribution is -2.47. The first-order valence-electron chi connectivity index (χ1n) is 7.02. The van der Waals surface area contributed by atoms with Gasteiger partial charge in [-0.15, -0.1) is 0 Å². The van der Waals surface area contributed by atoms with Crippen molar-refractivity contribution in [2.24, 2.45) is 5.73 Å². The molecule has 4 N–H and O–H groups in total. The van der Waals surface area contributed by atoms with Crippen molar-refractivity contribution in [3.05, 3.63) is 65.7 Å².